The molecule has 0 bridgehead atoms. The van der Waals surface area contributed by atoms with Gasteiger partial charge in [0.25, 0.3) is 0 Å². The van der Waals surface area contributed by atoms with Crippen molar-refractivity contribution in [1.29, 1.82) is 0 Å². The minimum absolute atomic E-state index is 0.0858. The zero-order valence-electron chi connectivity index (χ0n) is 10.0. The van der Waals surface area contributed by atoms with Gasteiger partial charge in [-0.15, -0.1) is 0 Å². The van der Waals surface area contributed by atoms with Crippen LogP contribution in [0.2, 0.25) is 0 Å². The SMILES string of the molecule is OCC1(Nc2ccn3nccc3n2)CCOCC1. The fourth-order valence-electron chi connectivity index (χ4n) is 2.24. The summed E-state index contributed by atoms with van der Waals surface area (Å²) in [5, 5.41) is 17.1. The Balaban J connectivity index is 1.85. The zero-order valence-corrected chi connectivity index (χ0v) is 10.0. The van der Waals surface area contributed by atoms with Crippen LogP contribution in [-0.2, 0) is 4.74 Å². The molecule has 3 rings (SSSR count). The van der Waals surface area contributed by atoms with Gasteiger partial charge in [-0.3, -0.25) is 0 Å². The van der Waals surface area contributed by atoms with E-state index in [2.05, 4.69) is 15.4 Å². The van der Waals surface area contributed by atoms with E-state index in [1.807, 2.05) is 18.3 Å². The fourth-order valence-corrected chi connectivity index (χ4v) is 2.24. The molecule has 1 aliphatic heterocycles. The monoisotopic (exact) mass is 248 g/mol. The van der Waals surface area contributed by atoms with Gasteiger partial charge in [0.2, 0.25) is 0 Å². The minimum atomic E-state index is -0.316. The van der Waals surface area contributed by atoms with Crippen LogP contribution in [0, 0.1) is 0 Å². The number of anilines is 1. The van der Waals surface area contributed by atoms with Crippen molar-refractivity contribution in [3.63, 3.8) is 0 Å². The fraction of sp³-hybridized carbons (Fsp3) is 0.500. The second-order valence-electron chi connectivity index (χ2n) is 4.62. The molecule has 1 saturated heterocycles. The Morgan fingerprint density at radius 2 is 2.22 bits per heavy atom. The van der Waals surface area contributed by atoms with Crippen LogP contribution in [0.3, 0.4) is 0 Å². The van der Waals surface area contributed by atoms with Gasteiger partial charge in [0.05, 0.1) is 18.3 Å². The molecule has 1 aliphatic rings. The highest BCUT2D eigenvalue weighted by Crippen LogP contribution is 2.24. The lowest BCUT2D eigenvalue weighted by Gasteiger charge is -2.36. The van der Waals surface area contributed by atoms with Gasteiger partial charge in [-0.2, -0.15) is 5.10 Å². The number of fused-ring (bicyclic) bond motifs is 1. The number of aliphatic hydroxyl groups is 1. The number of nitrogens with one attached hydrogen (secondary N) is 1. The Labute approximate surface area is 105 Å². The van der Waals surface area contributed by atoms with Gasteiger partial charge in [-0.1, -0.05) is 0 Å². The Hall–Kier alpha value is -1.66. The van der Waals surface area contributed by atoms with Crippen molar-refractivity contribution < 1.29 is 9.84 Å². The van der Waals surface area contributed by atoms with E-state index >= 15 is 0 Å². The average Bonchev–Trinajstić information content (AvgIpc) is 2.87. The van der Waals surface area contributed by atoms with E-state index in [-0.39, 0.29) is 12.1 Å². The van der Waals surface area contributed by atoms with E-state index in [1.165, 1.54) is 0 Å². The minimum Gasteiger partial charge on any atom is -0.394 e. The molecule has 0 spiro atoms. The molecule has 2 aromatic rings. The summed E-state index contributed by atoms with van der Waals surface area (Å²) in [7, 11) is 0. The number of hydrogen-bond acceptors (Lipinski definition) is 5. The van der Waals surface area contributed by atoms with Crippen LogP contribution in [0.25, 0.3) is 5.65 Å². The van der Waals surface area contributed by atoms with Crippen LogP contribution in [-0.4, -0.2) is 45.1 Å². The average molecular weight is 248 g/mol. The third-order valence-corrected chi connectivity index (χ3v) is 3.40. The third-order valence-electron chi connectivity index (χ3n) is 3.40. The summed E-state index contributed by atoms with van der Waals surface area (Å²) in [6.07, 6.45) is 5.14. The van der Waals surface area contributed by atoms with Gasteiger partial charge in [0.1, 0.15) is 5.82 Å². The molecule has 6 heteroatoms. The largest absolute Gasteiger partial charge is 0.394 e. The smallest absolute Gasteiger partial charge is 0.157 e. The van der Waals surface area contributed by atoms with E-state index in [1.54, 1.807) is 10.7 Å². The molecule has 0 unspecified atom stereocenters. The van der Waals surface area contributed by atoms with E-state index in [9.17, 15) is 5.11 Å². The molecule has 0 atom stereocenters. The van der Waals surface area contributed by atoms with Crippen molar-refractivity contribution >= 4 is 11.5 Å². The summed E-state index contributed by atoms with van der Waals surface area (Å²) in [6, 6.07) is 3.72. The summed E-state index contributed by atoms with van der Waals surface area (Å²) < 4.78 is 7.05. The normalized spacial score (nSPS) is 18.9. The van der Waals surface area contributed by atoms with E-state index in [0.29, 0.717) is 13.2 Å². The van der Waals surface area contributed by atoms with Crippen LogP contribution < -0.4 is 5.32 Å². The molecule has 0 aliphatic carbocycles. The molecule has 6 nitrogen and oxygen atoms in total. The summed E-state index contributed by atoms with van der Waals surface area (Å²) >= 11 is 0. The highest BCUT2D eigenvalue weighted by Gasteiger charge is 2.32. The molecule has 1 fully saturated rings. The van der Waals surface area contributed by atoms with Crippen molar-refractivity contribution in [2.24, 2.45) is 0 Å². The Kier molecular flexibility index (Phi) is 2.89. The molecule has 3 heterocycles. The van der Waals surface area contributed by atoms with Crippen LogP contribution in [0.1, 0.15) is 12.8 Å². The first-order valence-corrected chi connectivity index (χ1v) is 6.09. The van der Waals surface area contributed by atoms with Crippen molar-refractivity contribution in [3.05, 3.63) is 24.5 Å². The second-order valence-corrected chi connectivity index (χ2v) is 4.62. The zero-order chi connectivity index (χ0) is 12.4. The van der Waals surface area contributed by atoms with Gasteiger partial charge in [0, 0.05) is 25.5 Å². The summed E-state index contributed by atoms with van der Waals surface area (Å²) in [6.45, 7) is 1.42. The van der Waals surface area contributed by atoms with E-state index in [0.717, 1.165) is 24.3 Å². The second kappa shape index (κ2) is 4.55. The molecule has 2 N–H and O–H groups in total. The maximum Gasteiger partial charge on any atom is 0.157 e. The van der Waals surface area contributed by atoms with Gasteiger partial charge in [-0.25, -0.2) is 9.50 Å². The lowest BCUT2D eigenvalue weighted by molar-refractivity contribution is 0.0378. The van der Waals surface area contributed by atoms with Crippen LogP contribution in [0.5, 0.6) is 0 Å². The van der Waals surface area contributed by atoms with Crippen LogP contribution in [0.4, 0.5) is 5.82 Å². The molecule has 0 aromatic carbocycles. The molecular formula is C12H16N4O2. The van der Waals surface area contributed by atoms with Crippen molar-refractivity contribution in [1.82, 2.24) is 14.6 Å². The molecule has 0 amide bonds. The molecule has 96 valence electrons. The lowest BCUT2D eigenvalue weighted by atomic mass is 9.91. The predicted octanol–water partition coefficient (Wildman–Crippen LogP) is 0.683. The first-order valence-electron chi connectivity index (χ1n) is 6.09. The molecule has 18 heavy (non-hydrogen) atoms. The molecule has 0 radical (unpaired) electrons. The van der Waals surface area contributed by atoms with Gasteiger partial charge < -0.3 is 15.2 Å². The maximum absolute atomic E-state index is 9.61. The van der Waals surface area contributed by atoms with Crippen molar-refractivity contribution in [3.8, 4) is 0 Å². The van der Waals surface area contributed by atoms with Gasteiger partial charge in [-0.05, 0) is 18.9 Å². The first kappa shape index (κ1) is 11.4. The Bertz CT molecular complexity index is 534. The highest BCUT2D eigenvalue weighted by molar-refractivity contribution is 5.47. The summed E-state index contributed by atoms with van der Waals surface area (Å²) in [5.74, 6) is 0.763. The highest BCUT2D eigenvalue weighted by atomic mass is 16.5. The third kappa shape index (κ3) is 2.04. The predicted molar refractivity (Wildman–Crippen MR) is 66.5 cm³/mol. The first-order chi connectivity index (χ1) is 8.81. The lowest BCUT2D eigenvalue weighted by Crippen LogP contribution is -2.47. The number of rotatable bonds is 3. The van der Waals surface area contributed by atoms with Gasteiger partial charge in [0.15, 0.2) is 5.65 Å². The standard InChI is InChI=1S/C12H16N4O2/c17-9-12(3-7-18-8-4-12)15-10-2-6-16-11(14-10)1-5-13-16/h1-2,5-6,17H,3-4,7-9H2,(H,14,15). The number of hydrogen-bond donors (Lipinski definition) is 2. The van der Waals surface area contributed by atoms with E-state index in [4.69, 9.17) is 4.74 Å². The molecular weight excluding hydrogens is 232 g/mol. The summed E-state index contributed by atoms with van der Waals surface area (Å²) in [5.41, 5.74) is 0.476. The quantitative estimate of drug-likeness (QED) is 0.836. The van der Waals surface area contributed by atoms with E-state index < -0.39 is 0 Å². The Morgan fingerprint density at radius 1 is 1.39 bits per heavy atom. The topological polar surface area (TPSA) is 71.7 Å². The van der Waals surface area contributed by atoms with Crippen LogP contribution >= 0.6 is 0 Å². The van der Waals surface area contributed by atoms with Crippen molar-refractivity contribution in [2.75, 3.05) is 25.1 Å². The molecule has 0 saturated carbocycles. The Morgan fingerprint density at radius 3 is 3.00 bits per heavy atom. The number of ether oxygens (including phenoxy) is 1. The summed E-state index contributed by atoms with van der Waals surface area (Å²) in [4.78, 5) is 4.46. The number of aromatic nitrogens is 3. The molecule has 2 aromatic heterocycles. The van der Waals surface area contributed by atoms with Crippen LogP contribution in [0.15, 0.2) is 24.5 Å². The maximum atomic E-state index is 9.61. The number of nitrogens with zero attached hydrogens (tertiary/aromatic N) is 3. The number of aliphatic hydroxyl groups excluding tert-OH is 1. The van der Waals surface area contributed by atoms with Crippen molar-refractivity contribution in [2.45, 2.75) is 18.4 Å². The van der Waals surface area contributed by atoms with Gasteiger partial charge >= 0.3 is 0 Å².